The maximum absolute atomic E-state index is 12.2. The van der Waals surface area contributed by atoms with Crippen LogP contribution in [-0.2, 0) is 14.8 Å². The van der Waals surface area contributed by atoms with E-state index in [-0.39, 0.29) is 22.2 Å². The second kappa shape index (κ2) is 6.15. The minimum atomic E-state index is -3.91. The second-order valence-corrected chi connectivity index (χ2v) is 6.54. The van der Waals surface area contributed by atoms with Crippen LogP contribution in [0.5, 0.6) is 0 Å². The van der Waals surface area contributed by atoms with Crippen molar-refractivity contribution in [2.75, 3.05) is 0 Å². The van der Waals surface area contributed by atoms with Gasteiger partial charge in [-0.15, -0.1) is 0 Å². The van der Waals surface area contributed by atoms with Crippen LogP contribution < -0.4 is 10.5 Å². The summed E-state index contributed by atoms with van der Waals surface area (Å²) in [6.45, 7) is 4.72. The monoisotopic (exact) mass is 298 g/mol. The maximum atomic E-state index is 12.2. The number of nitrogens with one attached hydrogen (secondary N) is 1. The summed E-state index contributed by atoms with van der Waals surface area (Å²) >= 11 is 0. The van der Waals surface area contributed by atoms with Gasteiger partial charge in [0.05, 0.1) is 4.90 Å². The number of rotatable bonds is 6. The molecule has 0 heterocycles. The average molecular weight is 298 g/mol. The molecule has 0 fully saturated rings. The number of hydrogen-bond acceptors (Lipinski definition) is 4. The van der Waals surface area contributed by atoms with Crippen LogP contribution in [0.4, 0.5) is 0 Å². The first kappa shape index (κ1) is 16.3. The summed E-state index contributed by atoms with van der Waals surface area (Å²) in [4.78, 5) is 22.5. The minimum Gasteiger partial charge on any atom is -0.368 e. The number of benzene rings is 1. The van der Waals surface area contributed by atoms with Crippen LogP contribution in [0.1, 0.15) is 31.1 Å². The van der Waals surface area contributed by atoms with Gasteiger partial charge in [-0.25, -0.2) is 8.42 Å². The summed E-state index contributed by atoms with van der Waals surface area (Å²) in [6.07, 6.45) is 0. The van der Waals surface area contributed by atoms with E-state index in [0.717, 1.165) is 0 Å². The molecule has 0 aliphatic heterocycles. The standard InChI is InChI=1S/C13H18N2O4S/c1-8(2)12(13(14)17)15-20(18,19)11-6-4-5-10(7-11)9(3)16/h4-8,12,15H,1-3H3,(H2,14,17). The largest absolute Gasteiger partial charge is 0.368 e. The third-order valence-electron chi connectivity index (χ3n) is 2.81. The number of nitrogens with two attached hydrogens (primary N) is 1. The Balaban J connectivity index is 3.14. The number of primary amides is 1. The summed E-state index contributed by atoms with van der Waals surface area (Å²) in [5.41, 5.74) is 5.47. The molecule has 1 aromatic rings. The van der Waals surface area contributed by atoms with Crippen molar-refractivity contribution >= 4 is 21.7 Å². The molecular formula is C13H18N2O4S. The Bertz CT molecular complexity index is 623. The lowest BCUT2D eigenvalue weighted by molar-refractivity contribution is -0.120. The van der Waals surface area contributed by atoms with Crippen LogP contribution in [-0.4, -0.2) is 26.2 Å². The molecule has 0 saturated carbocycles. The number of ketones is 1. The molecule has 0 bridgehead atoms. The van der Waals surface area contributed by atoms with Crippen molar-refractivity contribution in [3.05, 3.63) is 29.8 Å². The number of carbonyl (C=O) groups excluding carboxylic acids is 2. The number of hydrogen-bond donors (Lipinski definition) is 2. The Morgan fingerprint density at radius 3 is 2.30 bits per heavy atom. The second-order valence-electron chi connectivity index (χ2n) is 4.83. The number of amides is 1. The van der Waals surface area contributed by atoms with E-state index in [4.69, 9.17) is 5.73 Å². The molecule has 1 amide bonds. The maximum Gasteiger partial charge on any atom is 0.241 e. The molecule has 1 atom stereocenters. The van der Waals surface area contributed by atoms with E-state index in [1.165, 1.54) is 31.2 Å². The van der Waals surface area contributed by atoms with Crippen molar-refractivity contribution in [1.29, 1.82) is 0 Å². The summed E-state index contributed by atoms with van der Waals surface area (Å²) in [5, 5.41) is 0. The lowest BCUT2D eigenvalue weighted by atomic mass is 10.1. The third kappa shape index (κ3) is 3.88. The van der Waals surface area contributed by atoms with Crippen molar-refractivity contribution in [3.8, 4) is 0 Å². The predicted octanol–water partition coefficient (Wildman–Crippen LogP) is 0.677. The molecule has 1 rings (SSSR count). The van der Waals surface area contributed by atoms with Gasteiger partial charge in [-0.1, -0.05) is 26.0 Å². The van der Waals surface area contributed by atoms with Gasteiger partial charge in [-0.2, -0.15) is 4.72 Å². The van der Waals surface area contributed by atoms with Crippen LogP contribution in [0.15, 0.2) is 29.2 Å². The lowest BCUT2D eigenvalue weighted by Crippen LogP contribution is -2.47. The Kier molecular flexibility index (Phi) is 5.02. The molecule has 1 unspecified atom stereocenters. The first-order chi connectivity index (χ1) is 9.15. The smallest absolute Gasteiger partial charge is 0.241 e. The average Bonchev–Trinajstić information content (AvgIpc) is 2.35. The molecule has 110 valence electrons. The minimum absolute atomic E-state index is 0.0721. The molecule has 0 spiro atoms. The highest BCUT2D eigenvalue weighted by Crippen LogP contribution is 2.14. The Hall–Kier alpha value is -1.73. The molecule has 1 aromatic carbocycles. The van der Waals surface area contributed by atoms with E-state index in [9.17, 15) is 18.0 Å². The Labute approximate surface area is 118 Å². The van der Waals surface area contributed by atoms with E-state index in [1.54, 1.807) is 13.8 Å². The predicted molar refractivity (Wildman–Crippen MR) is 74.6 cm³/mol. The number of sulfonamides is 1. The van der Waals surface area contributed by atoms with Crippen molar-refractivity contribution in [3.63, 3.8) is 0 Å². The van der Waals surface area contributed by atoms with Gasteiger partial charge in [0.1, 0.15) is 6.04 Å². The Morgan fingerprint density at radius 2 is 1.85 bits per heavy atom. The van der Waals surface area contributed by atoms with Gasteiger partial charge in [0.25, 0.3) is 0 Å². The summed E-state index contributed by atoms with van der Waals surface area (Å²) in [6, 6.07) is 4.62. The molecular weight excluding hydrogens is 280 g/mol. The molecule has 0 aliphatic carbocycles. The fourth-order valence-corrected chi connectivity index (χ4v) is 3.04. The van der Waals surface area contributed by atoms with Gasteiger partial charge in [0.15, 0.2) is 5.78 Å². The highest BCUT2D eigenvalue weighted by molar-refractivity contribution is 7.89. The summed E-state index contributed by atoms with van der Waals surface area (Å²) in [5.74, 6) is -1.26. The van der Waals surface area contributed by atoms with Gasteiger partial charge in [0.2, 0.25) is 15.9 Å². The van der Waals surface area contributed by atoms with Gasteiger partial charge in [-0.05, 0) is 25.0 Å². The zero-order valence-electron chi connectivity index (χ0n) is 11.6. The fraction of sp³-hybridized carbons (Fsp3) is 0.385. The van der Waals surface area contributed by atoms with E-state index >= 15 is 0 Å². The molecule has 3 N–H and O–H groups in total. The first-order valence-corrected chi connectivity index (χ1v) is 7.56. The van der Waals surface area contributed by atoms with Crippen molar-refractivity contribution in [1.82, 2.24) is 4.72 Å². The molecule has 0 aliphatic rings. The quantitative estimate of drug-likeness (QED) is 0.753. The molecule has 0 radical (unpaired) electrons. The Morgan fingerprint density at radius 1 is 1.25 bits per heavy atom. The molecule has 6 nitrogen and oxygen atoms in total. The zero-order chi connectivity index (χ0) is 15.5. The molecule has 7 heteroatoms. The van der Waals surface area contributed by atoms with E-state index in [0.29, 0.717) is 0 Å². The third-order valence-corrected chi connectivity index (χ3v) is 4.24. The van der Waals surface area contributed by atoms with Crippen LogP contribution >= 0.6 is 0 Å². The summed E-state index contributed by atoms with van der Waals surface area (Å²) < 4.78 is 26.7. The van der Waals surface area contributed by atoms with Crippen molar-refractivity contribution in [2.45, 2.75) is 31.7 Å². The lowest BCUT2D eigenvalue weighted by Gasteiger charge is -2.19. The van der Waals surface area contributed by atoms with E-state index < -0.39 is 22.0 Å². The van der Waals surface area contributed by atoms with E-state index in [2.05, 4.69) is 4.72 Å². The van der Waals surface area contributed by atoms with Crippen LogP contribution in [0.3, 0.4) is 0 Å². The van der Waals surface area contributed by atoms with Crippen molar-refractivity contribution in [2.24, 2.45) is 11.7 Å². The number of Topliss-reactive ketones (excluding diaryl/α,β-unsaturated/α-hetero) is 1. The normalized spacial score (nSPS) is 13.2. The zero-order valence-corrected chi connectivity index (χ0v) is 12.4. The molecule has 0 aromatic heterocycles. The fourth-order valence-electron chi connectivity index (χ4n) is 1.64. The number of carbonyl (C=O) groups is 2. The van der Waals surface area contributed by atoms with Crippen LogP contribution in [0.2, 0.25) is 0 Å². The molecule has 20 heavy (non-hydrogen) atoms. The highest BCUT2D eigenvalue weighted by Gasteiger charge is 2.26. The van der Waals surface area contributed by atoms with E-state index in [1.807, 2.05) is 0 Å². The molecule has 0 saturated heterocycles. The van der Waals surface area contributed by atoms with Gasteiger partial charge in [-0.3, -0.25) is 9.59 Å². The van der Waals surface area contributed by atoms with Gasteiger partial charge >= 0.3 is 0 Å². The topological polar surface area (TPSA) is 106 Å². The SMILES string of the molecule is CC(=O)c1cccc(S(=O)(=O)NC(C(N)=O)C(C)C)c1. The summed E-state index contributed by atoms with van der Waals surface area (Å²) in [7, 11) is -3.91. The van der Waals surface area contributed by atoms with Gasteiger partial charge < -0.3 is 5.73 Å². The first-order valence-electron chi connectivity index (χ1n) is 6.08. The van der Waals surface area contributed by atoms with Crippen LogP contribution in [0.25, 0.3) is 0 Å². The highest BCUT2D eigenvalue weighted by atomic mass is 32.2. The van der Waals surface area contributed by atoms with Gasteiger partial charge in [0, 0.05) is 5.56 Å². The van der Waals surface area contributed by atoms with Crippen LogP contribution in [0, 0.1) is 5.92 Å². The van der Waals surface area contributed by atoms with Crippen molar-refractivity contribution < 1.29 is 18.0 Å².